The molecule has 108 valence electrons. The van der Waals surface area contributed by atoms with Crippen LogP contribution in [0, 0.1) is 6.92 Å². The van der Waals surface area contributed by atoms with Gasteiger partial charge in [0.2, 0.25) is 5.95 Å². The summed E-state index contributed by atoms with van der Waals surface area (Å²) in [6, 6.07) is 0.658. The summed E-state index contributed by atoms with van der Waals surface area (Å²) in [6.07, 6.45) is 14.3. The topological polar surface area (TPSA) is 29.9 Å². The molecule has 0 aliphatic heterocycles. The number of nitrogens with one attached hydrogen (secondary N) is 1. The lowest BCUT2D eigenvalue weighted by Crippen LogP contribution is -2.15. The molecular formula is C16H29N3. The van der Waals surface area contributed by atoms with Crippen LogP contribution >= 0.6 is 0 Å². The van der Waals surface area contributed by atoms with Gasteiger partial charge in [-0.15, -0.1) is 0 Å². The van der Waals surface area contributed by atoms with Crippen LogP contribution in [0.15, 0.2) is 6.20 Å². The van der Waals surface area contributed by atoms with Crippen molar-refractivity contribution >= 4 is 5.95 Å². The van der Waals surface area contributed by atoms with Gasteiger partial charge in [-0.25, -0.2) is 4.98 Å². The summed E-state index contributed by atoms with van der Waals surface area (Å²) in [7, 11) is 0. The zero-order chi connectivity index (χ0) is 13.5. The fraction of sp³-hybridized carbons (Fsp3) is 0.812. The number of aromatic nitrogens is 2. The van der Waals surface area contributed by atoms with Crippen molar-refractivity contribution in [3.8, 4) is 0 Å². The van der Waals surface area contributed by atoms with E-state index in [0.29, 0.717) is 6.04 Å². The number of hydrogen-bond donors (Lipinski definition) is 1. The van der Waals surface area contributed by atoms with Gasteiger partial charge in [-0.3, -0.25) is 0 Å². The average Bonchev–Trinajstić information content (AvgIpc) is 2.70. The molecule has 0 atom stereocenters. The van der Waals surface area contributed by atoms with E-state index in [1.54, 1.807) is 0 Å². The molecule has 19 heavy (non-hydrogen) atoms. The van der Waals surface area contributed by atoms with Crippen LogP contribution in [0.2, 0.25) is 0 Å². The van der Waals surface area contributed by atoms with Crippen molar-refractivity contribution in [3.63, 3.8) is 0 Å². The van der Waals surface area contributed by atoms with E-state index in [4.69, 9.17) is 0 Å². The minimum absolute atomic E-state index is 0.658. The van der Waals surface area contributed by atoms with Gasteiger partial charge >= 0.3 is 0 Å². The van der Waals surface area contributed by atoms with Gasteiger partial charge < -0.3 is 9.88 Å². The standard InChI is InChI=1S/C16H29N3/c1-3-4-12-17-16-18-14(2)13-19(16)15-10-8-6-5-7-9-11-15/h13,15H,3-12H2,1-2H3,(H,17,18). The first-order valence-electron chi connectivity index (χ1n) is 8.10. The quantitative estimate of drug-likeness (QED) is 0.781. The second-order valence-electron chi connectivity index (χ2n) is 5.89. The number of imidazole rings is 1. The Morgan fingerprint density at radius 2 is 1.89 bits per heavy atom. The van der Waals surface area contributed by atoms with E-state index < -0.39 is 0 Å². The van der Waals surface area contributed by atoms with Gasteiger partial charge in [0.15, 0.2) is 0 Å². The van der Waals surface area contributed by atoms with Crippen molar-refractivity contribution in [1.82, 2.24) is 9.55 Å². The monoisotopic (exact) mass is 263 g/mol. The largest absolute Gasteiger partial charge is 0.356 e. The molecule has 2 rings (SSSR count). The zero-order valence-corrected chi connectivity index (χ0v) is 12.6. The van der Waals surface area contributed by atoms with Crippen molar-refractivity contribution in [1.29, 1.82) is 0 Å². The minimum Gasteiger partial charge on any atom is -0.356 e. The number of unbranched alkanes of at least 4 members (excludes halogenated alkanes) is 1. The Bertz CT molecular complexity index is 362. The Kier molecular flexibility index (Phi) is 5.74. The highest BCUT2D eigenvalue weighted by Crippen LogP contribution is 2.29. The summed E-state index contributed by atoms with van der Waals surface area (Å²) in [6.45, 7) is 5.37. The van der Waals surface area contributed by atoms with Crippen molar-refractivity contribution in [2.45, 2.75) is 77.7 Å². The molecule has 1 fully saturated rings. The molecule has 0 amide bonds. The zero-order valence-electron chi connectivity index (χ0n) is 12.6. The first-order valence-corrected chi connectivity index (χ1v) is 8.10. The van der Waals surface area contributed by atoms with Gasteiger partial charge in [-0.2, -0.15) is 0 Å². The van der Waals surface area contributed by atoms with Crippen LogP contribution in [0.25, 0.3) is 0 Å². The average molecular weight is 263 g/mol. The van der Waals surface area contributed by atoms with Crippen molar-refractivity contribution in [3.05, 3.63) is 11.9 Å². The minimum atomic E-state index is 0.658. The molecule has 1 aliphatic rings. The molecule has 0 aromatic carbocycles. The molecule has 0 saturated heterocycles. The summed E-state index contributed by atoms with van der Waals surface area (Å²) >= 11 is 0. The van der Waals surface area contributed by atoms with Crippen LogP contribution in [0.3, 0.4) is 0 Å². The highest BCUT2D eigenvalue weighted by atomic mass is 15.2. The molecule has 0 unspecified atom stereocenters. The SMILES string of the molecule is CCCCNc1nc(C)cn1C1CCCCCCC1. The third-order valence-electron chi connectivity index (χ3n) is 4.13. The number of hydrogen-bond acceptors (Lipinski definition) is 2. The molecular weight excluding hydrogens is 234 g/mol. The van der Waals surface area contributed by atoms with Crippen LogP contribution < -0.4 is 5.32 Å². The number of rotatable bonds is 5. The van der Waals surface area contributed by atoms with E-state index in [1.807, 2.05) is 0 Å². The first kappa shape index (κ1) is 14.4. The summed E-state index contributed by atoms with van der Waals surface area (Å²) in [5, 5.41) is 3.52. The fourth-order valence-electron chi connectivity index (χ4n) is 3.01. The molecule has 1 aromatic heterocycles. The maximum atomic E-state index is 4.66. The predicted octanol–water partition coefficient (Wildman–Crippen LogP) is 4.69. The molecule has 1 heterocycles. The maximum Gasteiger partial charge on any atom is 0.203 e. The second kappa shape index (κ2) is 7.56. The number of anilines is 1. The maximum absolute atomic E-state index is 4.66. The normalized spacial score (nSPS) is 18.0. The molecule has 3 nitrogen and oxygen atoms in total. The highest BCUT2D eigenvalue weighted by molar-refractivity contribution is 5.29. The Morgan fingerprint density at radius 3 is 2.58 bits per heavy atom. The lowest BCUT2D eigenvalue weighted by atomic mass is 9.96. The molecule has 1 aromatic rings. The fourth-order valence-corrected chi connectivity index (χ4v) is 3.01. The van der Waals surface area contributed by atoms with Gasteiger partial charge in [0, 0.05) is 18.8 Å². The van der Waals surface area contributed by atoms with Crippen LogP contribution in [0.1, 0.15) is 76.4 Å². The molecule has 1 N–H and O–H groups in total. The number of aryl methyl sites for hydroxylation is 1. The van der Waals surface area contributed by atoms with Crippen LogP contribution in [0.4, 0.5) is 5.95 Å². The van der Waals surface area contributed by atoms with Crippen LogP contribution in [-0.4, -0.2) is 16.1 Å². The number of nitrogens with zero attached hydrogens (tertiary/aromatic N) is 2. The molecule has 3 heteroatoms. The molecule has 1 aliphatic carbocycles. The van der Waals surface area contributed by atoms with Gasteiger partial charge in [-0.1, -0.05) is 45.4 Å². The van der Waals surface area contributed by atoms with E-state index in [2.05, 4.69) is 34.9 Å². The van der Waals surface area contributed by atoms with E-state index in [-0.39, 0.29) is 0 Å². The summed E-state index contributed by atoms with van der Waals surface area (Å²) < 4.78 is 2.41. The molecule has 0 radical (unpaired) electrons. The summed E-state index contributed by atoms with van der Waals surface area (Å²) in [5.41, 5.74) is 1.14. The van der Waals surface area contributed by atoms with Crippen molar-refractivity contribution < 1.29 is 0 Å². The Morgan fingerprint density at radius 1 is 1.21 bits per heavy atom. The molecule has 0 spiro atoms. The second-order valence-corrected chi connectivity index (χ2v) is 5.89. The van der Waals surface area contributed by atoms with Crippen LogP contribution in [0.5, 0.6) is 0 Å². The van der Waals surface area contributed by atoms with E-state index in [9.17, 15) is 0 Å². The summed E-state index contributed by atoms with van der Waals surface area (Å²) in [4.78, 5) is 4.66. The van der Waals surface area contributed by atoms with Gasteiger partial charge in [0.1, 0.15) is 0 Å². The Labute approximate surface area is 117 Å². The summed E-state index contributed by atoms with van der Waals surface area (Å²) in [5.74, 6) is 1.09. The molecule has 1 saturated carbocycles. The molecule has 0 bridgehead atoms. The van der Waals surface area contributed by atoms with Crippen LogP contribution in [-0.2, 0) is 0 Å². The van der Waals surface area contributed by atoms with Crippen molar-refractivity contribution in [2.75, 3.05) is 11.9 Å². The smallest absolute Gasteiger partial charge is 0.203 e. The van der Waals surface area contributed by atoms with E-state index in [1.165, 1.54) is 57.8 Å². The van der Waals surface area contributed by atoms with E-state index >= 15 is 0 Å². The van der Waals surface area contributed by atoms with Gasteiger partial charge in [0.05, 0.1) is 5.69 Å². The highest BCUT2D eigenvalue weighted by Gasteiger charge is 2.17. The Hall–Kier alpha value is -0.990. The van der Waals surface area contributed by atoms with E-state index in [0.717, 1.165) is 18.2 Å². The Balaban J connectivity index is 2.03. The van der Waals surface area contributed by atoms with Gasteiger partial charge in [0.25, 0.3) is 0 Å². The lowest BCUT2D eigenvalue weighted by Gasteiger charge is -2.23. The first-order chi connectivity index (χ1) is 9.31. The predicted molar refractivity (Wildman–Crippen MR) is 81.7 cm³/mol. The van der Waals surface area contributed by atoms with Crippen molar-refractivity contribution in [2.24, 2.45) is 0 Å². The third kappa shape index (κ3) is 4.26. The lowest BCUT2D eigenvalue weighted by molar-refractivity contribution is 0.374. The third-order valence-corrected chi connectivity index (χ3v) is 4.13. The van der Waals surface area contributed by atoms with Gasteiger partial charge in [-0.05, 0) is 26.2 Å².